The Hall–Kier alpha value is -1.97. The lowest BCUT2D eigenvalue weighted by atomic mass is 10.2. The SMILES string of the molecule is Nc1cccc(F)c1NCc1ccc[nH]1. The summed E-state index contributed by atoms with van der Waals surface area (Å²) in [5, 5.41) is 2.95. The van der Waals surface area contributed by atoms with Crippen molar-refractivity contribution in [1.82, 2.24) is 4.98 Å². The molecule has 0 aliphatic carbocycles. The fourth-order valence-corrected chi connectivity index (χ4v) is 1.39. The van der Waals surface area contributed by atoms with E-state index in [1.807, 2.05) is 18.3 Å². The highest BCUT2D eigenvalue weighted by Gasteiger charge is 2.04. The number of benzene rings is 1. The predicted octanol–water partition coefficient (Wildman–Crippen LogP) is 2.35. The van der Waals surface area contributed by atoms with Crippen molar-refractivity contribution in [2.75, 3.05) is 11.1 Å². The van der Waals surface area contributed by atoms with Gasteiger partial charge < -0.3 is 16.0 Å². The van der Waals surface area contributed by atoms with E-state index in [0.29, 0.717) is 17.9 Å². The van der Waals surface area contributed by atoms with Crippen LogP contribution in [0.3, 0.4) is 0 Å². The second-order valence-electron chi connectivity index (χ2n) is 3.25. The van der Waals surface area contributed by atoms with Crippen molar-refractivity contribution in [3.63, 3.8) is 0 Å². The van der Waals surface area contributed by atoms with E-state index in [2.05, 4.69) is 10.3 Å². The molecule has 78 valence electrons. The molecule has 1 aromatic heterocycles. The minimum atomic E-state index is -0.332. The molecular formula is C11H12FN3. The molecule has 0 radical (unpaired) electrons. The lowest BCUT2D eigenvalue weighted by Crippen LogP contribution is -2.04. The Bertz CT molecular complexity index is 417. The highest BCUT2D eigenvalue weighted by atomic mass is 19.1. The zero-order valence-corrected chi connectivity index (χ0v) is 8.13. The van der Waals surface area contributed by atoms with Crippen LogP contribution in [0.5, 0.6) is 0 Å². The molecule has 2 aromatic rings. The van der Waals surface area contributed by atoms with Gasteiger partial charge in [0.25, 0.3) is 0 Å². The van der Waals surface area contributed by atoms with E-state index in [-0.39, 0.29) is 5.82 Å². The van der Waals surface area contributed by atoms with Crippen molar-refractivity contribution in [2.24, 2.45) is 0 Å². The molecular weight excluding hydrogens is 193 g/mol. The third-order valence-corrected chi connectivity index (χ3v) is 2.16. The van der Waals surface area contributed by atoms with Crippen molar-refractivity contribution < 1.29 is 4.39 Å². The standard InChI is InChI=1S/C11H12FN3/c12-9-4-1-5-10(13)11(9)15-7-8-3-2-6-14-8/h1-6,14-15H,7,13H2. The summed E-state index contributed by atoms with van der Waals surface area (Å²) in [6, 6.07) is 8.45. The van der Waals surface area contributed by atoms with Gasteiger partial charge in [-0.25, -0.2) is 4.39 Å². The number of hydrogen-bond acceptors (Lipinski definition) is 2. The number of nitrogens with one attached hydrogen (secondary N) is 2. The normalized spacial score (nSPS) is 10.2. The van der Waals surface area contributed by atoms with Crippen LogP contribution < -0.4 is 11.1 Å². The van der Waals surface area contributed by atoms with E-state index in [9.17, 15) is 4.39 Å². The minimum absolute atomic E-state index is 0.332. The van der Waals surface area contributed by atoms with Crippen LogP contribution in [0, 0.1) is 5.82 Å². The van der Waals surface area contributed by atoms with Crippen LogP contribution in [0.15, 0.2) is 36.5 Å². The smallest absolute Gasteiger partial charge is 0.148 e. The molecule has 0 aliphatic heterocycles. The van der Waals surface area contributed by atoms with Gasteiger partial charge in [0.05, 0.1) is 17.9 Å². The molecule has 0 atom stereocenters. The minimum Gasteiger partial charge on any atom is -0.397 e. The zero-order chi connectivity index (χ0) is 10.7. The van der Waals surface area contributed by atoms with Crippen molar-refractivity contribution in [3.05, 3.63) is 48.0 Å². The Morgan fingerprint density at radius 3 is 2.80 bits per heavy atom. The molecule has 0 fully saturated rings. The maximum Gasteiger partial charge on any atom is 0.148 e. The number of hydrogen-bond donors (Lipinski definition) is 3. The number of aromatic nitrogens is 1. The van der Waals surface area contributed by atoms with Crippen LogP contribution in [-0.4, -0.2) is 4.98 Å². The van der Waals surface area contributed by atoms with E-state index in [1.165, 1.54) is 6.07 Å². The molecule has 15 heavy (non-hydrogen) atoms. The number of rotatable bonds is 3. The lowest BCUT2D eigenvalue weighted by molar-refractivity contribution is 0.630. The summed E-state index contributed by atoms with van der Waals surface area (Å²) in [5.74, 6) is -0.332. The summed E-state index contributed by atoms with van der Waals surface area (Å²) < 4.78 is 13.3. The summed E-state index contributed by atoms with van der Waals surface area (Å²) in [5.41, 5.74) is 7.40. The van der Waals surface area contributed by atoms with Crippen LogP contribution in [0.25, 0.3) is 0 Å². The van der Waals surface area contributed by atoms with E-state index in [0.717, 1.165) is 5.69 Å². The van der Waals surface area contributed by atoms with E-state index in [1.54, 1.807) is 12.1 Å². The van der Waals surface area contributed by atoms with E-state index >= 15 is 0 Å². The lowest BCUT2D eigenvalue weighted by Gasteiger charge is -2.08. The topological polar surface area (TPSA) is 53.8 Å². The molecule has 4 N–H and O–H groups in total. The quantitative estimate of drug-likeness (QED) is 0.674. The van der Waals surface area contributed by atoms with Gasteiger partial charge in [-0.15, -0.1) is 0 Å². The average molecular weight is 205 g/mol. The first-order valence-electron chi connectivity index (χ1n) is 4.67. The first kappa shape index (κ1) is 9.58. The van der Waals surface area contributed by atoms with Gasteiger partial charge >= 0.3 is 0 Å². The van der Waals surface area contributed by atoms with Gasteiger partial charge in [-0.05, 0) is 24.3 Å². The molecule has 4 heteroatoms. The molecule has 0 amide bonds. The highest BCUT2D eigenvalue weighted by Crippen LogP contribution is 2.22. The first-order valence-corrected chi connectivity index (χ1v) is 4.67. The summed E-state index contributed by atoms with van der Waals surface area (Å²) in [6.45, 7) is 0.526. The molecule has 0 unspecified atom stereocenters. The Balaban J connectivity index is 2.11. The average Bonchev–Trinajstić information content (AvgIpc) is 2.70. The Morgan fingerprint density at radius 1 is 1.27 bits per heavy atom. The number of nitrogens with two attached hydrogens (primary N) is 1. The molecule has 0 saturated carbocycles. The van der Waals surface area contributed by atoms with E-state index in [4.69, 9.17) is 5.73 Å². The second kappa shape index (κ2) is 4.04. The number of para-hydroxylation sites is 1. The largest absolute Gasteiger partial charge is 0.397 e. The van der Waals surface area contributed by atoms with Crippen LogP contribution in [-0.2, 0) is 6.54 Å². The maximum atomic E-state index is 13.3. The molecule has 1 heterocycles. The van der Waals surface area contributed by atoms with Gasteiger partial charge in [0.1, 0.15) is 5.82 Å². The predicted molar refractivity (Wildman–Crippen MR) is 58.9 cm³/mol. The number of aromatic amines is 1. The van der Waals surface area contributed by atoms with Crippen molar-refractivity contribution >= 4 is 11.4 Å². The highest BCUT2D eigenvalue weighted by molar-refractivity contribution is 5.66. The molecule has 0 aliphatic rings. The van der Waals surface area contributed by atoms with Gasteiger partial charge in [-0.2, -0.15) is 0 Å². The maximum absolute atomic E-state index is 13.3. The van der Waals surface area contributed by atoms with Gasteiger partial charge in [0, 0.05) is 11.9 Å². The number of anilines is 2. The van der Waals surface area contributed by atoms with Crippen LogP contribution in [0.4, 0.5) is 15.8 Å². The molecule has 1 aromatic carbocycles. The van der Waals surface area contributed by atoms with Crippen molar-refractivity contribution in [2.45, 2.75) is 6.54 Å². The number of H-pyrrole nitrogens is 1. The van der Waals surface area contributed by atoms with Crippen molar-refractivity contribution in [1.29, 1.82) is 0 Å². The van der Waals surface area contributed by atoms with Gasteiger partial charge in [-0.3, -0.25) is 0 Å². The van der Waals surface area contributed by atoms with Crippen molar-refractivity contribution in [3.8, 4) is 0 Å². The molecule has 3 nitrogen and oxygen atoms in total. The molecule has 2 rings (SSSR count). The van der Waals surface area contributed by atoms with Crippen LogP contribution in [0.2, 0.25) is 0 Å². The Morgan fingerprint density at radius 2 is 2.13 bits per heavy atom. The summed E-state index contributed by atoms with van der Waals surface area (Å²) in [4.78, 5) is 3.02. The summed E-state index contributed by atoms with van der Waals surface area (Å²) in [7, 11) is 0. The fourth-order valence-electron chi connectivity index (χ4n) is 1.39. The monoisotopic (exact) mass is 205 g/mol. The van der Waals surface area contributed by atoms with Gasteiger partial charge in [-0.1, -0.05) is 6.07 Å². The molecule has 0 saturated heterocycles. The van der Waals surface area contributed by atoms with E-state index < -0.39 is 0 Å². The molecule has 0 bridgehead atoms. The first-order chi connectivity index (χ1) is 7.27. The second-order valence-corrected chi connectivity index (χ2v) is 3.25. The van der Waals surface area contributed by atoms with Gasteiger partial charge in [0.2, 0.25) is 0 Å². The van der Waals surface area contributed by atoms with Gasteiger partial charge in [0.15, 0.2) is 0 Å². The third-order valence-electron chi connectivity index (χ3n) is 2.16. The number of halogens is 1. The fraction of sp³-hybridized carbons (Fsp3) is 0.0909. The third kappa shape index (κ3) is 2.10. The Labute approximate surface area is 87.1 Å². The van der Waals surface area contributed by atoms with Crippen LogP contribution >= 0.6 is 0 Å². The Kier molecular flexibility index (Phi) is 2.58. The summed E-state index contributed by atoms with van der Waals surface area (Å²) in [6.07, 6.45) is 1.82. The summed E-state index contributed by atoms with van der Waals surface area (Å²) >= 11 is 0. The van der Waals surface area contributed by atoms with Crippen LogP contribution in [0.1, 0.15) is 5.69 Å². The molecule has 0 spiro atoms. The number of nitrogen functional groups attached to an aromatic ring is 1. The zero-order valence-electron chi connectivity index (χ0n) is 8.13.